The van der Waals surface area contributed by atoms with E-state index in [1.807, 2.05) is 12.1 Å². The number of nitrogens with one attached hydrogen (secondary N) is 1. The van der Waals surface area contributed by atoms with Crippen LogP contribution in [-0.4, -0.2) is 25.0 Å². The number of rotatable bonds is 4. The van der Waals surface area contributed by atoms with Crippen LogP contribution >= 0.6 is 11.6 Å². The van der Waals surface area contributed by atoms with Gasteiger partial charge in [-0.25, -0.2) is 0 Å². The highest BCUT2D eigenvalue weighted by atomic mass is 35.5. The van der Waals surface area contributed by atoms with Gasteiger partial charge in [0.05, 0.1) is 0 Å². The molecule has 3 rings (SSSR count). The lowest BCUT2D eigenvalue weighted by Crippen LogP contribution is -2.28. The summed E-state index contributed by atoms with van der Waals surface area (Å²) in [6, 6.07) is 17.1. The molecule has 0 bridgehead atoms. The Morgan fingerprint density at radius 1 is 1.24 bits per heavy atom. The van der Waals surface area contributed by atoms with Gasteiger partial charge in [0.15, 0.2) is 0 Å². The van der Waals surface area contributed by atoms with Gasteiger partial charge >= 0.3 is 0 Å². The summed E-state index contributed by atoms with van der Waals surface area (Å²) in [5.74, 6) is 0.549. The van der Waals surface area contributed by atoms with Crippen LogP contribution < -0.4 is 5.32 Å². The van der Waals surface area contributed by atoms with Crippen molar-refractivity contribution < 1.29 is 0 Å². The molecule has 1 heterocycles. The van der Waals surface area contributed by atoms with Gasteiger partial charge in [-0.05, 0) is 43.3 Å². The minimum absolute atomic E-state index is 0.358. The Labute approximate surface area is 131 Å². The van der Waals surface area contributed by atoms with E-state index in [4.69, 9.17) is 11.6 Å². The second kappa shape index (κ2) is 6.08. The summed E-state index contributed by atoms with van der Waals surface area (Å²) in [4.78, 5) is 2.40. The molecule has 0 spiro atoms. The quantitative estimate of drug-likeness (QED) is 0.891. The maximum atomic E-state index is 6.10. The molecule has 0 aliphatic carbocycles. The monoisotopic (exact) mass is 300 g/mol. The molecular formula is C18H21ClN2. The summed E-state index contributed by atoms with van der Waals surface area (Å²) in [6.45, 7) is 4.30. The Bertz CT molecular complexity index is 626. The lowest BCUT2D eigenvalue weighted by Gasteiger charge is -2.28. The number of para-hydroxylation sites is 1. The summed E-state index contributed by atoms with van der Waals surface area (Å²) in [5.41, 5.74) is 3.98. The van der Waals surface area contributed by atoms with Gasteiger partial charge in [0.25, 0.3) is 0 Å². The highest BCUT2D eigenvalue weighted by Crippen LogP contribution is 2.33. The fourth-order valence-electron chi connectivity index (χ4n) is 3.05. The van der Waals surface area contributed by atoms with Crippen LogP contribution in [0, 0.1) is 0 Å². The second-order valence-corrected chi connectivity index (χ2v) is 6.27. The molecule has 0 aromatic heterocycles. The number of hydrogen-bond acceptors (Lipinski definition) is 2. The van der Waals surface area contributed by atoms with Gasteiger partial charge < -0.3 is 5.32 Å². The molecule has 0 radical (unpaired) electrons. The number of halogens is 1. The van der Waals surface area contributed by atoms with Gasteiger partial charge in [0.1, 0.15) is 0 Å². The van der Waals surface area contributed by atoms with Crippen molar-refractivity contribution in [3.8, 4) is 0 Å². The van der Waals surface area contributed by atoms with Gasteiger partial charge in [0, 0.05) is 35.8 Å². The average Bonchev–Trinajstić information content (AvgIpc) is 2.90. The molecule has 110 valence electrons. The van der Waals surface area contributed by atoms with Gasteiger partial charge in [0.2, 0.25) is 0 Å². The van der Waals surface area contributed by atoms with Gasteiger partial charge in [-0.1, -0.05) is 41.9 Å². The first-order chi connectivity index (χ1) is 10.1. The number of fused-ring (bicyclic) bond motifs is 1. The lowest BCUT2D eigenvalue weighted by molar-refractivity contribution is 0.249. The van der Waals surface area contributed by atoms with Crippen molar-refractivity contribution in [1.29, 1.82) is 0 Å². The van der Waals surface area contributed by atoms with Gasteiger partial charge in [-0.2, -0.15) is 0 Å². The van der Waals surface area contributed by atoms with E-state index in [0.29, 0.717) is 12.0 Å². The van der Waals surface area contributed by atoms with E-state index >= 15 is 0 Å². The third-order valence-corrected chi connectivity index (χ3v) is 4.68. The molecule has 1 aliphatic rings. The Morgan fingerprint density at radius 3 is 2.86 bits per heavy atom. The normalized spacial score (nSPS) is 18.4. The molecule has 0 amide bonds. The maximum absolute atomic E-state index is 6.10. The minimum Gasteiger partial charge on any atom is -0.384 e. The Balaban J connectivity index is 1.71. The molecule has 2 aromatic rings. The zero-order valence-electron chi connectivity index (χ0n) is 12.5. The van der Waals surface area contributed by atoms with Crippen molar-refractivity contribution in [2.75, 3.05) is 25.5 Å². The van der Waals surface area contributed by atoms with Crippen LogP contribution in [0.5, 0.6) is 0 Å². The molecule has 1 N–H and O–H groups in total. The fraction of sp³-hybridized carbons (Fsp3) is 0.333. The van der Waals surface area contributed by atoms with E-state index < -0.39 is 0 Å². The van der Waals surface area contributed by atoms with Crippen LogP contribution in [0.25, 0.3) is 0 Å². The third kappa shape index (κ3) is 3.07. The molecule has 2 unspecified atom stereocenters. The van der Waals surface area contributed by atoms with E-state index in [-0.39, 0.29) is 0 Å². The van der Waals surface area contributed by atoms with E-state index in [1.165, 1.54) is 16.8 Å². The van der Waals surface area contributed by atoms with Crippen LogP contribution in [0.3, 0.4) is 0 Å². The van der Waals surface area contributed by atoms with Crippen molar-refractivity contribution in [3.63, 3.8) is 0 Å². The lowest BCUT2D eigenvalue weighted by atomic mass is 9.99. The minimum atomic E-state index is 0.358. The summed E-state index contributed by atoms with van der Waals surface area (Å²) in [6.07, 6.45) is 0. The first kappa shape index (κ1) is 14.4. The Morgan fingerprint density at radius 2 is 2.05 bits per heavy atom. The number of hydrogen-bond donors (Lipinski definition) is 1. The molecule has 0 saturated heterocycles. The molecular weight excluding hydrogens is 280 g/mol. The summed E-state index contributed by atoms with van der Waals surface area (Å²) in [5, 5.41) is 4.30. The van der Waals surface area contributed by atoms with Crippen LogP contribution in [0.15, 0.2) is 48.5 Å². The highest BCUT2D eigenvalue weighted by molar-refractivity contribution is 6.30. The molecule has 2 nitrogen and oxygen atoms in total. The first-order valence-corrected chi connectivity index (χ1v) is 7.81. The smallest absolute Gasteiger partial charge is 0.0409 e. The predicted octanol–water partition coefficient (Wildman–Crippen LogP) is 4.54. The van der Waals surface area contributed by atoms with Crippen molar-refractivity contribution in [3.05, 3.63) is 64.7 Å². The molecule has 21 heavy (non-hydrogen) atoms. The first-order valence-electron chi connectivity index (χ1n) is 7.43. The Hall–Kier alpha value is -1.51. The molecule has 1 aliphatic heterocycles. The number of anilines is 1. The van der Waals surface area contributed by atoms with E-state index in [1.54, 1.807) is 0 Å². The van der Waals surface area contributed by atoms with Gasteiger partial charge in [-0.3, -0.25) is 4.90 Å². The van der Waals surface area contributed by atoms with Crippen molar-refractivity contribution in [2.24, 2.45) is 0 Å². The average molecular weight is 301 g/mol. The summed E-state index contributed by atoms with van der Waals surface area (Å²) < 4.78 is 0. The Kier molecular flexibility index (Phi) is 4.18. The zero-order chi connectivity index (χ0) is 14.8. The summed E-state index contributed by atoms with van der Waals surface area (Å²) in [7, 11) is 2.19. The number of benzene rings is 2. The molecule has 3 heteroatoms. The number of nitrogens with zero attached hydrogens (tertiary/aromatic N) is 1. The molecule has 0 saturated carbocycles. The largest absolute Gasteiger partial charge is 0.384 e. The molecule has 2 atom stereocenters. The van der Waals surface area contributed by atoms with Crippen LogP contribution in [0.4, 0.5) is 5.69 Å². The topological polar surface area (TPSA) is 15.3 Å². The van der Waals surface area contributed by atoms with Crippen molar-refractivity contribution in [1.82, 2.24) is 4.90 Å². The van der Waals surface area contributed by atoms with Crippen LogP contribution in [0.1, 0.15) is 30.0 Å². The van der Waals surface area contributed by atoms with Crippen molar-refractivity contribution >= 4 is 17.3 Å². The van der Waals surface area contributed by atoms with Crippen LogP contribution in [0.2, 0.25) is 5.02 Å². The number of likely N-dealkylation sites (N-methyl/N-ethyl adjacent to an activating group) is 1. The maximum Gasteiger partial charge on any atom is 0.0409 e. The van der Waals surface area contributed by atoms with Gasteiger partial charge in [-0.15, -0.1) is 0 Å². The predicted molar refractivity (Wildman–Crippen MR) is 90.2 cm³/mol. The van der Waals surface area contributed by atoms with Crippen molar-refractivity contribution in [2.45, 2.75) is 18.9 Å². The fourth-order valence-corrected chi connectivity index (χ4v) is 3.25. The zero-order valence-corrected chi connectivity index (χ0v) is 13.3. The third-order valence-electron chi connectivity index (χ3n) is 4.44. The van der Waals surface area contributed by atoms with E-state index in [9.17, 15) is 0 Å². The molecule has 0 fully saturated rings. The van der Waals surface area contributed by atoms with E-state index in [2.05, 4.69) is 60.6 Å². The molecule has 2 aromatic carbocycles. The summed E-state index contributed by atoms with van der Waals surface area (Å²) >= 11 is 6.10. The van der Waals surface area contributed by atoms with E-state index in [0.717, 1.165) is 18.1 Å². The SMILES string of the molecule is CC(c1cccc(Cl)c1)N(C)CC1CNc2ccccc21. The standard InChI is InChI=1S/C18H21ClN2/c1-13(14-6-5-7-16(19)10-14)21(2)12-15-11-20-18-9-4-3-8-17(15)18/h3-10,13,15,20H,11-12H2,1-2H3. The van der Waals surface area contributed by atoms with Crippen LogP contribution in [-0.2, 0) is 0 Å². The second-order valence-electron chi connectivity index (χ2n) is 5.84. The highest BCUT2D eigenvalue weighted by Gasteiger charge is 2.24.